The van der Waals surface area contributed by atoms with Gasteiger partial charge in [0.1, 0.15) is 18.0 Å². The molecule has 1 aromatic rings. The Balaban J connectivity index is 1.94. The highest BCUT2D eigenvalue weighted by molar-refractivity contribution is 5.81. The molecular formula is C15H23N3O4. The molecular weight excluding hydrogens is 286 g/mol. The largest absolute Gasteiger partial charge is 0.465 e. The van der Waals surface area contributed by atoms with Crippen LogP contribution in [0.1, 0.15) is 50.6 Å². The maximum atomic E-state index is 12.2. The molecule has 0 aliphatic carbocycles. The quantitative estimate of drug-likeness (QED) is 0.813. The zero-order valence-electron chi connectivity index (χ0n) is 13.1. The number of likely N-dealkylation sites (tertiary alicyclic amines) is 1. The van der Waals surface area contributed by atoms with Crippen molar-refractivity contribution in [1.82, 2.24) is 15.4 Å². The molecule has 1 atom stereocenters. The number of ether oxygens (including phenoxy) is 1. The van der Waals surface area contributed by atoms with E-state index in [2.05, 4.69) is 17.4 Å². The fraction of sp³-hybridized carbons (Fsp3) is 0.667. The van der Waals surface area contributed by atoms with Gasteiger partial charge in [0.05, 0.1) is 12.6 Å². The van der Waals surface area contributed by atoms with Gasteiger partial charge >= 0.3 is 12.0 Å². The minimum atomic E-state index is -0.432. The van der Waals surface area contributed by atoms with Crippen LogP contribution in [0.5, 0.6) is 0 Å². The van der Waals surface area contributed by atoms with Crippen LogP contribution in [-0.2, 0) is 16.0 Å². The first kappa shape index (κ1) is 16.3. The van der Waals surface area contributed by atoms with Gasteiger partial charge in [-0.2, -0.15) is 0 Å². The highest BCUT2D eigenvalue weighted by Crippen LogP contribution is 2.31. The Morgan fingerprint density at radius 3 is 3.05 bits per heavy atom. The Hall–Kier alpha value is -2.05. The van der Waals surface area contributed by atoms with Gasteiger partial charge in [-0.15, -0.1) is 0 Å². The summed E-state index contributed by atoms with van der Waals surface area (Å²) < 4.78 is 10.1. The summed E-state index contributed by atoms with van der Waals surface area (Å²) in [7, 11) is 0. The average Bonchev–Trinajstić information content (AvgIpc) is 3.14. The molecule has 0 radical (unpaired) electrons. The van der Waals surface area contributed by atoms with Gasteiger partial charge in [0.15, 0.2) is 0 Å². The van der Waals surface area contributed by atoms with Crippen LogP contribution >= 0.6 is 0 Å². The third-order valence-corrected chi connectivity index (χ3v) is 3.62. The number of amides is 2. The number of hydrogen-bond donors (Lipinski definition) is 1. The summed E-state index contributed by atoms with van der Waals surface area (Å²) in [6.45, 7) is 4.65. The van der Waals surface area contributed by atoms with Gasteiger partial charge < -0.3 is 19.5 Å². The van der Waals surface area contributed by atoms with Crippen molar-refractivity contribution < 1.29 is 18.8 Å². The molecule has 22 heavy (non-hydrogen) atoms. The zero-order chi connectivity index (χ0) is 15.9. The lowest BCUT2D eigenvalue weighted by Gasteiger charge is -2.23. The zero-order valence-corrected chi connectivity index (χ0v) is 13.1. The lowest BCUT2D eigenvalue weighted by Crippen LogP contribution is -2.42. The van der Waals surface area contributed by atoms with Crippen molar-refractivity contribution in [2.24, 2.45) is 0 Å². The van der Waals surface area contributed by atoms with Gasteiger partial charge in [-0.25, -0.2) is 4.79 Å². The van der Waals surface area contributed by atoms with Crippen LogP contribution in [0.25, 0.3) is 0 Å². The minimum Gasteiger partial charge on any atom is -0.465 e. The number of carbonyl (C=O) groups excluding carboxylic acids is 2. The molecule has 7 nitrogen and oxygen atoms in total. The molecule has 1 fully saturated rings. The second kappa shape index (κ2) is 7.82. The Bertz CT molecular complexity index is 515. The van der Waals surface area contributed by atoms with Crippen molar-refractivity contribution in [1.29, 1.82) is 0 Å². The molecule has 0 saturated carbocycles. The summed E-state index contributed by atoms with van der Waals surface area (Å²) in [6.07, 6.45) is 3.59. The number of urea groups is 1. The molecule has 1 aromatic heterocycles. The van der Waals surface area contributed by atoms with Crippen molar-refractivity contribution in [3.63, 3.8) is 0 Å². The van der Waals surface area contributed by atoms with Crippen LogP contribution in [0.2, 0.25) is 0 Å². The molecule has 2 rings (SSSR count). The number of nitrogens with one attached hydrogen (secondary N) is 1. The van der Waals surface area contributed by atoms with E-state index in [0.717, 1.165) is 37.1 Å². The highest BCUT2D eigenvalue weighted by Gasteiger charge is 2.32. The number of aromatic nitrogens is 1. The maximum Gasteiger partial charge on any atom is 0.325 e. The summed E-state index contributed by atoms with van der Waals surface area (Å²) in [6, 6.07) is 1.57. The number of hydrogen-bond acceptors (Lipinski definition) is 5. The lowest BCUT2D eigenvalue weighted by atomic mass is 10.1. The van der Waals surface area contributed by atoms with Crippen LogP contribution in [0.15, 0.2) is 10.6 Å². The van der Waals surface area contributed by atoms with Gasteiger partial charge in [-0.05, 0) is 26.2 Å². The Labute approximate surface area is 130 Å². The minimum absolute atomic E-state index is 0.0865. The molecule has 7 heteroatoms. The van der Waals surface area contributed by atoms with Crippen molar-refractivity contribution in [3.05, 3.63) is 17.5 Å². The molecule has 0 unspecified atom stereocenters. The van der Waals surface area contributed by atoms with Crippen molar-refractivity contribution in [2.75, 3.05) is 19.7 Å². The topological polar surface area (TPSA) is 84.7 Å². The normalized spacial score (nSPS) is 17.5. The Morgan fingerprint density at radius 1 is 1.50 bits per heavy atom. The highest BCUT2D eigenvalue weighted by atomic mass is 16.5. The molecule has 1 saturated heterocycles. The second-order valence-electron chi connectivity index (χ2n) is 5.28. The summed E-state index contributed by atoms with van der Waals surface area (Å²) >= 11 is 0. The van der Waals surface area contributed by atoms with E-state index in [-0.39, 0.29) is 18.6 Å². The summed E-state index contributed by atoms with van der Waals surface area (Å²) in [5, 5.41) is 6.68. The van der Waals surface area contributed by atoms with Crippen molar-refractivity contribution in [2.45, 2.75) is 45.6 Å². The maximum absolute atomic E-state index is 12.2. The van der Waals surface area contributed by atoms with Crippen LogP contribution in [0, 0.1) is 0 Å². The second-order valence-corrected chi connectivity index (χ2v) is 5.28. The van der Waals surface area contributed by atoms with Crippen molar-refractivity contribution in [3.8, 4) is 0 Å². The van der Waals surface area contributed by atoms with E-state index in [4.69, 9.17) is 9.26 Å². The monoisotopic (exact) mass is 309 g/mol. The number of aryl methyl sites for hydroxylation is 1. The molecule has 1 N–H and O–H groups in total. The van der Waals surface area contributed by atoms with E-state index in [1.54, 1.807) is 11.8 Å². The van der Waals surface area contributed by atoms with Crippen LogP contribution in [-0.4, -0.2) is 41.8 Å². The Kier molecular flexibility index (Phi) is 5.80. The lowest BCUT2D eigenvalue weighted by molar-refractivity contribution is -0.141. The number of nitrogens with zero attached hydrogens (tertiary/aromatic N) is 2. The van der Waals surface area contributed by atoms with Gasteiger partial charge in [0.2, 0.25) is 0 Å². The van der Waals surface area contributed by atoms with E-state index in [1.807, 2.05) is 6.07 Å². The molecule has 122 valence electrons. The van der Waals surface area contributed by atoms with E-state index in [0.29, 0.717) is 13.2 Å². The SMILES string of the molecule is CCCc1cc([C@H]2CCCN2C(=O)NCC(=O)OCC)no1. The molecule has 0 aromatic carbocycles. The van der Waals surface area contributed by atoms with E-state index >= 15 is 0 Å². The molecule has 0 spiro atoms. The molecule has 0 bridgehead atoms. The van der Waals surface area contributed by atoms with Gasteiger partial charge in [-0.3, -0.25) is 4.79 Å². The van der Waals surface area contributed by atoms with Gasteiger partial charge in [0, 0.05) is 19.0 Å². The summed E-state index contributed by atoms with van der Waals surface area (Å²) in [4.78, 5) is 25.2. The Morgan fingerprint density at radius 2 is 2.32 bits per heavy atom. The van der Waals surface area contributed by atoms with Gasteiger partial charge in [-0.1, -0.05) is 12.1 Å². The number of esters is 1. The van der Waals surface area contributed by atoms with E-state index in [1.165, 1.54) is 0 Å². The third kappa shape index (κ3) is 3.99. The smallest absolute Gasteiger partial charge is 0.325 e. The van der Waals surface area contributed by atoms with Crippen LogP contribution in [0.3, 0.4) is 0 Å². The van der Waals surface area contributed by atoms with E-state index < -0.39 is 5.97 Å². The first-order chi connectivity index (χ1) is 10.7. The predicted molar refractivity (Wildman–Crippen MR) is 79.2 cm³/mol. The number of rotatable bonds is 6. The molecule has 1 aliphatic heterocycles. The standard InChI is InChI=1S/C15H23N3O4/c1-3-6-11-9-12(17-22-11)13-7-5-8-18(13)15(20)16-10-14(19)21-4-2/h9,13H,3-8,10H2,1-2H3,(H,16,20)/t13-/m1/s1. The third-order valence-electron chi connectivity index (χ3n) is 3.62. The molecule has 2 amide bonds. The van der Waals surface area contributed by atoms with E-state index in [9.17, 15) is 9.59 Å². The van der Waals surface area contributed by atoms with Crippen molar-refractivity contribution >= 4 is 12.0 Å². The van der Waals surface area contributed by atoms with Crippen LogP contribution in [0.4, 0.5) is 4.79 Å². The van der Waals surface area contributed by atoms with Gasteiger partial charge in [0.25, 0.3) is 0 Å². The molecule has 2 heterocycles. The fourth-order valence-electron chi connectivity index (χ4n) is 2.63. The average molecular weight is 309 g/mol. The fourth-order valence-corrected chi connectivity index (χ4v) is 2.63. The molecule has 1 aliphatic rings. The predicted octanol–water partition coefficient (Wildman–Crippen LogP) is 2.04. The first-order valence-electron chi connectivity index (χ1n) is 7.81. The summed E-state index contributed by atoms with van der Waals surface area (Å²) in [5.74, 6) is 0.412. The van der Waals surface area contributed by atoms with Crippen LogP contribution < -0.4 is 5.32 Å². The first-order valence-corrected chi connectivity index (χ1v) is 7.81. The summed E-state index contributed by atoms with van der Waals surface area (Å²) in [5.41, 5.74) is 0.784. The number of carbonyl (C=O) groups is 2.